The van der Waals surface area contributed by atoms with Gasteiger partial charge in [-0.05, 0) is 65.6 Å². The van der Waals surface area contributed by atoms with E-state index in [4.69, 9.17) is 5.73 Å². The number of fused-ring (bicyclic) bond motifs is 2. The van der Waals surface area contributed by atoms with Crippen molar-refractivity contribution in [1.82, 2.24) is 4.57 Å². The van der Waals surface area contributed by atoms with Gasteiger partial charge in [-0.25, -0.2) is 0 Å². The number of pyridine rings is 1. The van der Waals surface area contributed by atoms with E-state index in [0.29, 0.717) is 5.69 Å². The first-order valence-corrected chi connectivity index (χ1v) is 8.19. The summed E-state index contributed by atoms with van der Waals surface area (Å²) in [6.07, 6.45) is 6.91. The summed E-state index contributed by atoms with van der Waals surface area (Å²) in [6.45, 7) is 4.31. The van der Waals surface area contributed by atoms with Gasteiger partial charge in [0.2, 0.25) is 0 Å². The molecule has 4 rings (SSSR count). The van der Waals surface area contributed by atoms with Gasteiger partial charge in [-0.1, -0.05) is 25.1 Å². The monoisotopic (exact) mass is 306 g/mol. The zero-order chi connectivity index (χ0) is 16.4. The number of hydrogen-bond acceptors (Lipinski definition) is 2. The first kappa shape index (κ1) is 14.3. The molecule has 23 heavy (non-hydrogen) atoms. The Kier molecular flexibility index (Phi) is 2.87. The molecule has 2 aromatic rings. The van der Waals surface area contributed by atoms with E-state index in [-0.39, 0.29) is 11.0 Å². The van der Waals surface area contributed by atoms with Crippen LogP contribution in [-0.4, -0.2) is 4.57 Å². The van der Waals surface area contributed by atoms with E-state index in [2.05, 4.69) is 19.1 Å². The third-order valence-corrected chi connectivity index (χ3v) is 5.59. The summed E-state index contributed by atoms with van der Waals surface area (Å²) in [5.41, 5.74) is 9.67. The highest BCUT2D eigenvalue weighted by Gasteiger charge is 2.47. The molecule has 2 unspecified atom stereocenters. The number of aromatic nitrogens is 1. The maximum absolute atomic E-state index is 12.9. The van der Waals surface area contributed by atoms with Gasteiger partial charge in [0.05, 0.1) is 0 Å². The molecule has 0 amide bonds. The Hall–Kier alpha value is -2.29. The molecule has 1 saturated carbocycles. The number of anilines is 1. The van der Waals surface area contributed by atoms with Crippen LogP contribution in [0.5, 0.6) is 0 Å². The van der Waals surface area contributed by atoms with Crippen molar-refractivity contribution in [2.75, 3.05) is 5.73 Å². The highest BCUT2D eigenvalue weighted by atomic mass is 16.1. The minimum absolute atomic E-state index is 0.0461. The molecule has 0 radical (unpaired) electrons. The van der Waals surface area contributed by atoms with Gasteiger partial charge in [0.15, 0.2) is 0 Å². The molecular weight excluding hydrogens is 284 g/mol. The Morgan fingerprint density at radius 1 is 1.26 bits per heavy atom. The molecule has 0 aliphatic heterocycles. The molecule has 1 heterocycles. The lowest BCUT2D eigenvalue weighted by Crippen LogP contribution is -2.42. The average Bonchev–Trinajstić information content (AvgIpc) is 3.17. The summed E-state index contributed by atoms with van der Waals surface area (Å²) in [4.78, 5) is 12.9. The maximum Gasteiger partial charge on any atom is 0.258 e. The van der Waals surface area contributed by atoms with E-state index in [1.165, 1.54) is 6.42 Å². The van der Waals surface area contributed by atoms with Crippen molar-refractivity contribution in [3.63, 3.8) is 0 Å². The Morgan fingerprint density at radius 2 is 2.04 bits per heavy atom. The predicted octanol–water partition coefficient (Wildman–Crippen LogP) is 1.93. The van der Waals surface area contributed by atoms with E-state index < -0.39 is 0 Å². The molecule has 2 atom stereocenters. The maximum atomic E-state index is 12.9. The fourth-order valence-electron chi connectivity index (χ4n) is 3.82. The standard InChI is InChI=1S/C20H22N2O/c1-12-4-7-15(21)9-16(12)17-8-13-5-6-14-10-20(14,2)11-18(13)22(3)19(17)23/h4-5,7-9,11,14H,6,10,21H2,1-3H3. The molecule has 2 aliphatic carbocycles. The molecule has 118 valence electrons. The normalized spacial score (nSPS) is 24.7. The molecular formula is C20H22N2O. The Balaban J connectivity index is 2.05. The lowest BCUT2D eigenvalue weighted by molar-refractivity contribution is 0.674. The van der Waals surface area contributed by atoms with Crippen LogP contribution in [0, 0.1) is 18.3 Å². The van der Waals surface area contributed by atoms with Crippen LogP contribution in [0.2, 0.25) is 0 Å². The second-order valence-electron chi connectivity index (χ2n) is 7.33. The van der Waals surface area contributed by atoms with Crippen molar-refractivity contribution in [2.24, 2.45) is 18.4 Å². The minimum Gasteiger partial charge on any atom is -0.399 e. The smallest absolute Gasteiger partial charge is 0.258 e. The van der Waals surface area contributed by atoms with Crippen molar-refractivity contribution < 1.29 is 0 Å². The predicted molar refractivity (Wildman–Crippen MR) is 95.3 cm³/mol. The molecule has 0 spiro atoms. The molecule has 3 nitrogen and oxygen atoms in total. The van der Waals surface area contributed by atoms with Gasteiger partial charge in [-0.15, -0.1) is 0 Å². The molecule has 3 heteroatoms. The van der Waals surface area contributed by atoms with Gasteiger partial charge < -0.3 is 10.3 Å². The third-order valence-electron chi connectivity index (χ3n) is 5.59. The molecule has 2 aliphatic rings. The summed E-state index contributed by atoms with van der Waals surface area (Å²) in [5.74, 6) is 0.725. The average molecular weight is 306 g/mol. The number of benzene rings is 1. The van der Waals surface area contributed by atoms with Gasteiger partial charge in [-0.2, -0.15) is 0 Å². The molecule has 1 fully saturated rings. The number of nitrogens with zero attached hydrogens (tertiary/aromatic N) is 1. The van der Waals surface area contributed by atoms with E-state index in [1.807, 2.05) is 38.2 Å². The van der Waals surface area contributed by atoms with Crippen LogP contribution in [0.1, 0.15) is 25.3 Å². The lowest BCUT2D eigenvalue weighted by Gasteiger charge is -2.10. The highest BCUT2D eigenvalue weighted by Crippen LogP contribution is 2.56. The summed E-state index contributed by atoms with van der Waals surface area (Å²) in [7, 11) is 1.88. The molecule has 0 bridgehead atoms. The minimum atomic E-state index is 0.0461. The van der Waals surface area contributed by atoms with E-state index in [9.17, 15) is 4.79 Å². The van der Waals surface area contributed by atoms with E-state index in [1.54, 1.807) is 4.57 Å². The topological polar surface area (TPSA) is 48.0 Å². The van der Waals surface area contributed by atoms with Gasteiger partial charge in [-0.3, -0.25) is 4.79 Å². The van der Waals surface area contributed by atoms with Crippen LogP contribution >= 0.6 is 0 Å². The number of rotatable bonds is 1. The quantitative estimate of drug-likeness (QED) is 0.819. The molecule has 1 aromatic carbocycles. The van der Waals surface area contributed by atoms with Crippen molar-refractivity contribution >= 4 is 17.8 Å². The molecule has 2 N–H and O–H groups in total. The molecule has 1 aromatic heterocycles. The number of hydrogen-bond donors (Lipinski definition) is 1. The van der Waals surface area contributed by atoms with E-state index in [0.717, 1.165) is 39.6 Å². The second kappa shape index (κ2) is 4.60. The number of aryl methyl sites for hydroxylation is 1. The fourth-order valence-corrected chi connectivity index (χ4v) is 3.82. The third kappa shape index (κ3) is 2.14. The van der Waals surface area contributed by atoms with Crippen LogP contribution in [0.25, 0.3) is 23.3 Å². The van der Waals surface area contributed by atoms with Crippen LogP contribution in [0.3, 0.4) is 0 Å². The first-order chi connectivity index (χ1) is 10.9. The lowest BCUT2D eigenvalue weighted by atomic mass is 10.00. The number of nitrogen functional groups attached to an aromatic ring is 1. The van der Waals surface area contributed by atoms with Crippen LogP contribution in [-0.2, 0) is 7.05 Å². The zero-order valence-corrected chi connectivity index (χ0v) is 13.9. The highest BCUT2D eigenvalue weighted by molar-refractivity contribution is 5.70. The zero-order valence-electron chi connectivity index (χ0n) is 13.9. The Labute approximate surface area is 135 Å². The van der Waals surface area contributed by atoms with Crippen molar-refractivity contribution in [2.45, 2.75) is 26.7 Å². The van der Waals surface area contributed by atoms with Crippen molar-refractivity contribution in [1.29, 1.82) is 0 Å². The summed E-state index contributed by atoms with van der Waals surface area (Å²) < 4.78 is 1.80. The van der Waals surface area contributed by atoms with Gasteiger partial charge in [0.25, 0.3) is 5.56 Å². The SMILES string of the molecule is Cc1ccc(N)cc1-c1cc2c(n(C)c1=O)=CC1(C)CC1CC=2. The van der Waals surface area contributed by atoms with Crippen LogP contribution < -0.4 is 21.9 Å². The van der Waals surface area contributed by atoms with E-state index >= 15 is 0 Å². The van der Waals surface area contributed by atoms with Gasteiger partial charge in [0.1, 0.15) is 0 Å². The second-order valence-corrected chi connectivity index (χ2v) is 7.33. The number of nitrogens with two attached hydrogens (primary N) is 1. The van der Waals surface area contributed by atoms with Gasteiger partial charge >= 0.3 is 0 Å². The summed E-state index contributed by atoms with van der Waals surface area (Å²) >= 11 is 0. The Bertz CT molecular complexity index is 1000. The molecule has 0 saturated heterocycles. The van der Waals surface area contributed by atoms with Crippen LogP contribution in [0.4, 0.5) is 5.69 Å². The summed E-state index contributed by atoms with van der Waals surface area (Å²) in [5, 5.41) is 2.22. The van der Waals surface area contributed by atoms with Gasteiger partial charge in [0, 0.05) is 23.6 Å². The largest absolute Gasteiger partial charge is 0.399 e. The summed E-state index contributed by atoms with van der Waals surface area (Å²) in [6, 6.07) is 7.80. The van der Waals surface area contributed by atoms with Crippen molar-refractivity contribution in [3.8, 4) is 11.1 Å². The Morgan fingerprint density at radius 3 is 2.83 bits per heavy atom. The fraction of sp³-hybridized carbons (Fsp3) is 0.350. The van der Waals surface area contributed by atoms with Crippen LogP contribution in [0.15, 0.2) is 29.1 Å². The van der Waals surface area contributed by atoms with Crippen molar-refractivity contribution in [3.05, 3.63) is 50.8 Å². The first-order valence-electron chi connectivity index (χ1n) is 8.19.